The predicted octanol–water partition coefficient (Wildman–Crippen LogP) is 2.84. The highest BCUT2D eigenvalue weighted by molar-refractivity contribution is 5.80. The molecule has 2 rings (SSSR count). The van der Waals surface area contributed by atoms with E-state index in [4.69, 9.17) is 10.2 Å². The average Bonchev–Trinajstić information content (AvgIpc) is 2.65. The molecule has 0 radical (unpaired) electrons. The molecule has 0 amide bonds. The third-order valence-electron chi connectivity index (χ3n) is 3.06. The summed E-state index contributed by atoms with van der Waals surface area (Å²) in [5, 5.41) is 10.9. The van der Waals surface area contributed by atoms with Crippen LogP contribution in [0.2, 0.25) is 0 Å². The fourth-order valence-corrected chi connectivity index (χ4v) is 2.07. The number of nitrogens with two attached hydrogens (primary N) is 1. The van der Waals surface area contributed by atoms with E-state index in [1.54, 1.807) is 12.3 Å². The van der Waals surface area contributed by atoms with Crippen LogP contribution in [0.4, 0.5) is 0 Å². The lowest BCUT2D eigenvalue weighted by Gasteiger charge is -2.20. The molecule has 0 fully saturated rings. The number of benzene rings is 1. The Morgan fingerprint density at radius 3 is 2.75 bits per heavy atom. The summed E-state index contributed by atoms with van der Waals surface area (Å²) in [5.41, 5.74) is 7.43. The molecule has 0 aliphatic carbocycles. The Balaban J connectivity index is 2.53. The van der Waals surface area contributed by atoms with Crippen molar-refractivity contribution < 1.29 is 9.52 Å². The molecule has 1 unspecified atom stereocenters. The number of furan rings is 1. The minimum absolute atomic E-state index is 0.162. The number of hydrogen-bond acceptors (Lipinski definition) is 3. The van der Waals surface area contributed by atoms with Crippen LogP contribution in [0.25, 0.3) is 11.0 Å². The van der Waals surface area contributed by atoms with Crippen LogP contribution in [0.3, 0.4) is 0 Å². The van der Waals surface area contributed by atoms with Crippen molar-refractivity contribution in [2.24, 2.45) is 11.7 Å². The largest absolute Gasteiger partial charge is 0.508 e. The first kappa shape index (κ1) is 11.0. The predicted molar refractivity (Wildman–Crippen MR) is 64.5 cm³/mol. The number of phenols is 1. The van der Waals surface area contributed by atoms with Crippen molar-refractivity contribution >= 4 is 11.0 Å². The third-order valence-corrected chi connectivity index (χ3v) is 3.06. The molecule has 1 atom stereocenters. The third kappa shape index (κ3) is 1.78. The van der Waals surface area contributed by atoms with E-state index in [-0.39, 0.29) is 5.92 Å². The zero-order chi connectivity index (χ0) is 11.7. The van der Waals surface area contributed by atoms with E-state index >= 15 is 0 Å². The topological polar surface area (TPSA) is 59.4 Å². The van der Waals surface area contributed by atoms with Crippen molar-refractivity contribution in [3.63, 3.8) is 0 Å². The lowest BCUT2D eigenvalue weighted by Crippen LogP contribution is -2.17. The van der Waals surface area contributed by atoms with Gasteiger partial charge in [-0.2, -0.15) is 0 Å². The Hall–Kier alpha value is -1.48. The van der Waals surface area contributed by atoms with Crippen LogP contribution in [0.15, 0.2) is 28.9 Å². The van der Waals surface area contributed by atoms with Gasteiger partial charge in [-0.15, -0.1) is 0 Å². The van der Waals surface area contributed by atoms with Crippen LogP contribution < -0.4 is 5.73 Å². The molecule has 0 aliphatic heterocycles. The van der Waals surface area contributed by atoms with E-state index < -0.39 is 0 Å². The normalized spacial score (nSPS) is 13.5. The fourth-order valence-electron chi connectivity index (χ4n) is 2.07. The van der Waals surface area contributed by atoms with Gasteiger partial charge in [0.1, 0.15) is 11.3 Å². The van der Waals surface area contributed by atoms with Crippen LogP contribution in [0, 0.1) is 5.92 Å². The molecule has 1 aromatic carbocycles. The standard InChI is InChI=1S/C13H17NO2/c1-8(2)11(7-14)10-6-13-9(3-4-16-13)5-12(10)15/h3-6,8,11,15H,7,14H2,1-2H3. The fraction of sp³-hybridized carbons (Fsp3) is 0.385. The van der Waals surface area contributed by atoms with Gasteiger partial charge < -0.3 is 15.3 Å². The highest BCUT2D eigenvalue weighted by Gasteiger charge is 2.18. The Morgan fingerprint density at radius 2 is 2.12 bits per heavy atom. The molecule has 0 spiro atoms. The van der Waals surface area contributed by atoms with Crippen LogP contribution in [0.1, 0.15) is 25.3 Å². The van der Waals surface area contributed by atoms with Crippen molar-refractivity contribution in [3.8, 4) is 5.75 Å². The molecule has 0 aliphatic rings. The molecule has 1 aromatic heterocycles. The molecular formula is C13H17NO2. The summed E-state index contributed by atoms with van der Waals surface area (Å²) < 4.78 is 5.34. The van der Waals surface area contributed by atoms with E-state index in [2.05, 4.69) is 13.8 Å². The highest BCUT2D eigenvalue weighted by atomic mass is 16.3. The van der Waals surface area contributed by atoms with Gasteiger partial charge in [-0.3, -0.25) is 0 Å². The number of rotatable bonds is 3. The van der Waals surface area contributed by atoms with Crippen molar-refractivity contribution in [1.82, 2.24) is 0 Å². The van der Waals surface area contributed by atoms with Crippen molar-refractivity contribution in [2.45, 2.75) is 19.8 Å². The average molecular weight is 219 g/mol. The second kappa shape index (κ2) is 4.18. The molecule has 0 saturated carbocycles. The van der Waals surface area contributed by atoms with Crippen LogP contribution >= 0.6 is 0 Å². The molecule has 16 heavy (non-hydrogen) atoms. The van der Waals surface area contributed by atoms with Crippen LogP contribution in [0.5, 0.6) is 5.75 Å². The second-order valence-corrected chi connectivity index (χ2v) is 4.46. The summed E-state index contributed by atoms with van der Waals surface area (Å²) in [6, 6.07) is 5.47. The molecule has 1 heterocycles. The zero-order valence-corrected chi connectivity index (χ0v) is 9.60. The maximum Gasteiger partial charge on any atom is 0.134 e. The minimum Gasteiger partial charge on any atom is -0.508 e. The Morgan fingerprint density at radius 1 is 1.38 bits per heavy atom. The number of phenolic OH excluding ortho intramolecular Hbond substituents is 1. The summed E-state index contributed by atoms with van der Waals surface area (Å²) in [6.45, 7) is 4.73. The maximum atomic E-state index is 9.98. The lowest BCUT2D eigenvalue weighted by molar-refractivity contribution is 0.438. The molecule has 3 N–H and O–H groups in total. The highest BCUT2D eigenvalue weighted by Crippen LogP contribution is 2.34. The minimum atomic E-state index is 0.162. The van der Waals surface area contributed by atoms with Crippen LogP contribution in [-0.4, -0.2) is 11.7 Å². The van der Waals surface area contributed by atoms with Crippen LogP contribution in [-0.2, 0) is 0 Å². The Labute approximate surface area is 94.9 Å². The van der Waals surface area contributed by atoms with Gasteiger partial charge in [-0.25, -0.2) is 0 Å². The Bertz CT molecular complexity index is 488. The molecule has 0 saturated heterocycles. The van der Waals surface area contributed by atoms with Crippen molar-refractivity contribution in [1.29, 1.82) is 0 Å². The van der Waals surface area contributed by atoms with Gasteiger partial charge in [0.25, 0.3) is 0 Å². The molecule has 2 aromatic rings. The first-order valence-electron chi connectivity index (χ1n) is 5.53. The summed E-state index contributed by atoms with van der Waals surface area (Å²) in [6.07, 6.45) is 1.63. The zero-order valence-electron chi connectivity index (χ0n) is 9.60. The van der Waals surface area contributed by atoms with E-state index in [0.29, 0.717) is 18.2 Å². The van der Waals surface area contributed by atoms with Gasteiger partial charge in [0.05, 0.1) is 6.26 Å². The summed E-state index contributed by atoms with van der Waals surface area (Å²) >= 11 is 0. The number of aromatic hydroxyl groups is 1. The van der Waals surface area contributed by atoms with E-state index in [0.717, 1.165) is 16.5 Å². The second-order valence-electron chi connectivity index (χ2n) is 4.46. The maximum absolute atomic E-state index is 9.98. The summed E-state index contributed by atoms with van der Waals surface area (Å²) in [4.78, 5) is 0. The van der Waals surface area contributed by atoms with Gasteiger partial charge in [0.15, 0.2) is 0 Å². The Kier molecular flexibility index (Phi) is 2.88. The smallest absolute Gasteiger partial charge is 0.134 e. The molecule has 3 heteroatoms. The quantitative estimate of drug-likeness (QED) is 0.834. The first-order chi connectivity index (χ1) is 7.63. The SMILES string of the molecule is CC(C)C(CN)c1cc2occc2cc1O. The van der Waals surface area contributed by atoms with Gasteiger partial charge in [0.2, 0.25) is 0 Å². The number of fused-ring (bicyclic) bond motifs is 1. The summed E-state index contributed by atoms with van der Waals surface area (Å²) in [7, 11) is 0. The molecule has 86 valence electrons. The van der Waals surface area contributed by atoms with Gasteiger partial charge in [-0.05, 0) is 30.7 Å². The van der Waals surface area contributed by atoms with Gasteiger partial charge in [0, 0.05) is 16.9 Å². The first-order valence-corrected chi connectivity index (χ1v) is 5.53. The van der Waals surface area contributed by atoms with E-state index in [9.17, 15) is 5.11 Å². The van der Waals surface area contributed by atoms with E-state index in [1.165, 1.54) is 0 Å². The lowest BCUT2D eigenvalue weighted by atomic mass is 9.87. The summed E-state index contributed by atoms with van der Waals surface area (Å²) in [5.74, 6) is 0.857. The monoisotopic (exact) mass is 219 g/mol. The molecule has 3 nitrogen and oxygen atoms in total. The molecule has 0 bridgehead atoms. The van der Waals surface area contributed by atoms with Gasteiger partial charge >= 0.3 is 0 Å². The number of hydrogen-bond donors (Lipinski definition) is 2. The van der Waals surface area contributed by atoms with Gasteiger partial charge in [-0.1, -0.05) is 13.8 Å². The van der Waals surface area contributed by atoms with E-state index in [1.807, 2.05) is 12.1 Å². The molecular weight excluding hydrogens is 202 g/mol. The van der Waals surface area contributed by atoms with Crippen molar-refractivity contribution in [3.05, 3.63) is 30.0 Å². The van der Waals surface area contributed by atoms with Crippen molar-refractivity contribution in [2.75, 3.05) is 6.54 Å².